The summed E-state index contributed by atoms with van der Waals surface area (Å²) in [7, 11) is 0. The second-order valence-corrected chi connectivity index (χ2v) is 14.9. The molecular formula is C56H35NO2. The van der Waals surface area contributed by atoms with Gasteiger partial charge < -0.3 is 13.7 Å². The van der Waals surface area contributed by atoms with E-state index in [0.29, 0.717) is 33.7 Å². The Morgan fingerprint density at radius 3 is 1.86 bits per heavy atom. The smallest absolute Gasteiger partial charge is 0.143 e. The maximum atomic E-state index is 10.0. The van der Waals surface area contributed by atoms with E-state index in [9.17, 15) is 5.48 Å². The first-order valence-electron chi connectivity index (χ1n) is 21.7. The lowest BCUT2D eigenvalue weighted by Crippen LogP contribution is -2.10. The van der Waals surface area contributed by atoms with Crippen LogP contribution in [0.5, 0.6) is 0 Å². The molecular weight excluding hydrogens is 719 g/mol. The topological polar surface area (TPSA) is 29.5 Å². The second kappa shape index (κ2) is 13.4. The van der Waals surface area contributed by atoms with Crippen LogP contribution in [0, 0.1) is 0 Å². The van der Waals surface area contributed by atoms with E-state index in [1.54, 1.807) is 0 Å². The van der Waals surface area contributed by atoms with Gasteiger partial charge in [0.15, 0.2) is 0 Å². The molecule has 3 nitrogen and oxygen atoms in total. The van der Waals surface area contributed by atoms with Gasteiger partial charge >= 0.3 is 0 Å². The van der Waals surface area contributed by atoms with E-state index in [0.717, 1.165) is 60.2 Å². The highest BCUT2D eigenvalue weighted by Gasteiger charge is 2.21. The molecule has 10 aromatic carbocycles. The second-order valence-electron chi connectivity index (χ2n) is 14.9. The molecule has 0 aliphatic rings. The van der Waals surface area contributed by atoms with Crippen LogP contribution in [0.15, 0.2) is 221 Å². The molecule has 0 amide bonds. The fourth-order valence-corrected chi connectivity index (χ4v) is 8.66. The zero-order chi connectivity index (χ0) is 42.3. The zero-order valence-corrected chi connectivity index (χ0v) is 31.7. The van der Waals surface area contributed by atoms with Crippen molar-refractivity contribution >= 4 is 82.5 Å². The largest absolute Gasteiger partial charge is 0.455 e. The maximum Gasteiger partial charge on any atom is 0.143 e. The highest BCUT2D eigenvalue weighted by molar-refractivity contribution is 6.19. The molecule has 0 aliphatic heterocycles. The highest BCUT2D eigenvalue weighted by atomic mass is 16.3. The van der Waals surface area contributed by atoms with E-state index in [-0.39, 0.29) is 35.4 Å². The number of fused-ring (bicyclic) bond motifs is 9. The van der Waals surface area contributed by atoms with Crippen LogP contribution in [0.25, 0.3) is 98.8 Å². The predicted octanol–water partition coefficient (Wildman–Crippen LogP) is 16.3. The SMILES string of the molecule is [2H]c1c([2H])c(-c2cccc3c2oc2ccccc23)c([2H])c(N(c2ccc(-c3ccc(-c4ccc5ccccc5c4)cc3)cc2)c2cccc3oc4c5ccccc5ccc4c23)c1[2H]. The van der Waals surface area contributed by atoms with E-state index in [1.165, 1.54) is 10.8 Å². The van der Waals surface area contributed by atoms with Gasteiger partial charge in [-0.2, -0.15) is 0 Å². The lowest BCUT2D eigenvalue weighted by atomic mass is 9.98. The molecule has 0 saturated carbocycles. The normalized spacial score (nSPS) is 12.7. The van der Waals surface area contributed by atoms with Crippen LogP contribution in [0.2, 0.25) is 0 Å². The average Bonchev–Trinajstić information content (AvgIpc) is 3.92. The summed E-state index contributed by atoms with van der Waals surface area (Å²) in [6.07, 6.45) is 0. The Balaban J connectivity index is 1.05. The van der Waals surface area contributed by atoms with Crippen molar-refractivity contribution in [2.75, 3.05) is 4.90 Å². The van der Waals surface area contributed by atoms with Crippen LogP contribution in [-0.4, -0.2) is 0 Å². The number of para-hydroxylation sites is 2. The van der Waals surface area contributed by atoms with Crippen molar-refractivity contribution in [3.63, 3.8) is 0 Å². The molecule has 3 heteroatoms. The van der Waals surface area contributed by atoms with Gasteiger partial charge in [0, 0.05) is 38.5 Å². The van der Waals surface area contributed by atoms with E-state index < -0.39 is 0 Å². The number of nitrogens with zero attached hydrogens (tertiary/aromatic N) is 1. The molecule has 276 valence electrons. The predicted molar refractivity (Wildman–Crippen MR) is 247 cm³/mol. The van der Waals surface area contributed by atoms with Crippen molar-refractivity contribution in [1.29, 1.82) is 0 Å². The lowest BCUT2D eigenvalue weighted by molar-refractivity contribution is 0.670. The molecule has 0 aliphatic carbocycles. The summed E-state index contributed by atoms with van der Waals surface area (Å²) in [6, 6.07) is 62.4. The molecule has 2 heterocycles. The summed E-state index contributed by atoms with van der Waals surface area (Å²) in [5.74, 6) is 0. The molecule has 0 fully saturated rings. The summed E-state index contributed by atoms with van der Waals surface area (Å²) in [4.78, 5) is 1.89. The molecule has 0 unspecified atom stereocenters. The first kappa shape index (κ1) is 29.4. The molecule has 59 heavy (non-hydrogen) atoms. The first-order valence-corrected chi connectivity index (χ1v) is 19.7. The lowest BCUT2D eigenvalue weighted by Gasteiger charge is -2.27. The van der Waals surface area contributed by atoms with Gasteiger partial charge in [-0.05, 0) is 98.5 Å². The summed E-state index contributed by atoms with van der Waals surface area (Å²) in [6.45, 7) is 0. The summed E-state index contributed by atoms with van der Waals surface area (Å²) in [5.41, 5.74) is 9.23. The standard InChI is InChI=1S/C56H35NO2/c1-2-12-41-34-42(27-26-36(41)10-1)39-24-22-37(23-25-39)38-28-31-44(32-29-38)57(51-19-9-21-53-54(51)50-33-30-40-11-3-4-15-46(40)56(50)59-53)45-14-7-13-43(35-45)47-17-8-18-49-48-16-5-6-20-52(48)58-55(47)49/h1-35H/i7D,13D,14D,35D. The fourth-order valence-electron chi connectivity index (χ4n) is 8.66. The van der Waals surface area contributed by atoms with Crippen molar-refractivity contribution < 1.29 is 14.3 Å². The number of rotatable bonds is 6. The van der Waals surface area contributed by atoms with Gasteiger partial charge in [-0.3, -0.25) is 0 Å². The Morgan fingerprint density at radius 1 is 0.390 bits per heavy atom. The average molecular weight is 758 g/mol. The maximum absolute atomic E-state index is 10.0. The zero-order valence-electron chi connectivity index (χ0n) is 35.7. The van der Waals surface area contributed by atoms with Gasteiger partial charge in [0.05, 0.1) is 16.6 Å². The summed E-state index contributed by atoms with van der Waals surface area (Å²) in [5, 5.41) is 7.93. The number of benzene rings is 10. The van der Waals surface area contributed by atoms with Crippen molar-refractivity contribution in [3.05, 3.63) is 212 Å². The monoisotopic (exact) mass is 757 g/mol. The van der Waals surface area contributed by atoms with E-state index in [1.807, 2.05) is 89.8 Å². The van der Waals surface area contributed by atoms with E-state index in [2.05, 4.69) is 103 Å². The molecule has 0 spiro atoms. The Labute approximate surface area is 346 Å². The molecule has 0 saturated heterocycles. The molecule has 12 aromatic rings. The third-order valence-electron chi connectivity index (χ3n) is 11.5. The van der Waals surface area contributed by atoms with Crippen LogP contribution in [0.1, 0.15) is 5.48 Å². The van der Waals surface area contributed by atoms with Crippen LogP contribution in [-0.2, 0) is 0 Å². The molecule has 12 rings (SSSR count). The minimum absolute atomic E-state index is 0.0578. The fraction of sp³-hybridized carbons (Fsp3) is 0. The first-order chi connectivity index (χ1) is 30.9. The molecule has 2 aromatic heterocycles. The highest BCUT2D eigenvalue weighted by Crippen LogP contribution is 2.46. The van der Waals surface area contributed by atoms with Crippen molar-refractivity contribution in [2.24, 2.45) is 0 Å². The summed E-state index contributed by atoms with van der Waals surface area (Å²) < 4.78 is 51.2. The van der Waals surface area contributed by atoms with E-state index in [4.69, 9.17) is 8.83 Å². The van der Waals surface area contributed by atoms with Crippen LogP contribution in [0.3, 0.4) is 0 Å². The summed E-state index contributed by atoms with van der Waals surface area (Å²) >= 11 is 0. The van der Waals surface area contributed by atoms with Gasteiger partial charge in [0.2, 0.25) is 0 Å². The van der Waals surface area contributed by atoms with E-state index >= 15 is 0 Å². The third kappa shape index (κ3) is 5.51. The molecule has 0 N–H and O–H groups in total. The van der Waals surface area contributed by atoms with Crippen molar-refractivity contribution in [2.45, 2.75) is 0 Å². The van der Waals surface area contributed by atoms with Crippen molar-refractivity contribution in [1.82, 2.24) is 0 Å². The number of anilines is 3. The molecule has 0 bridgehead atoms. The quantitative estimate of drug-likeness (QED) is 0.169. The minimum Gasteiger partial charge on any atom is -0.455 e. The Morgan fingerprint density at radius 2 is 1.02 bits per heavy atom. The number of hydrogen-bond acceptors (Lipinski definition) is 3. The van der Waals surface area contributed by atoms with Crippen LogP contribution < -0.4 is 4.90 Å². The number of furan rings is 2. The van der Waals surface area contributed by atoms with Gasteiger partial charge in [-0.15, -0.1) is 0 Å². The Kier molecular flexibility index (Phi) is 6.65. The third-order valence-corrected chi connectivity index (χ3v) is 11.5. The Hall–Kier alpha value is -7.88. The van der Waals surface area contributed by atoms with Gasteiger partial charge in [-0.1, -0.05) is 158 Å². The van der Waals surface area contributed by atoms with Gasteiger partial charge in [-0.25, -0.2) is 0 Å². The molecule has 0 atom stereocenters. The Bertz CT molecular complexity index is 3790. The minimum atomic E-state index is -0.285. The number of hydrogen-bond donors (Lipinski definition) is 0. The van der Waals surface area contributed by atoms with Crippen molar-refractivity contribution in [3.8, 4) is 33.4 Å². The molecule has 0 radical (unpaired) electrons. The van der Waals surface area contributed by atoms with Gasteiger partial charge in [0.1, 0.15) is 22.3 Å². The van der Waals surface area contributed by atoms with Gasteiger partial charge in [0.25, 0.3) is 0 Å². The van der Waals surface area contributed by atoms with Crippen LogP contribution in [0.4, 0.5) is 17.1 Å². The van der Waals surface area contributed by atoms with Crippen LogP contribution >= 0.6 is 0 Å².